The van der Waals surface area contributed by atoms with Crippen molar-refractivity contribution in [3.8, 4) is 0 Å². The number of hydrogen-bond acceptors (Lipinski definition) is 4. The fraction of sp³-hybridized carbons (Fsp3) is 0.857. The predicted molar refractivity (Wildman–Crippen MR) is 71.4 cm³/mol. The smallest absolute Gasteiger partial charge is 0.319 e. The highest BCUT2D eigenvalue weighted by Gasteiger charge is 2.44. The van der Waals surface area contributed by atoms with Gasteiger partial charge in [-0.2, -0.15) is 0 Å². The maximum absolute atomic E-state index is 12.5. The van der Waals surface area contributed by atoms with Crippen molar-refractivity contribution in [2.45, 2.75) is 46.6 Å². The fourth-order valence-corrected chi connectivity index (χ4v) is 2.37. The zero-order valence-electron chi connectivity index (χ0n) is 12.5. The molecule has 5 nitrogen and oxygen atoms in total. The summed E-state index contributed by atoms with van der Waals surface area (Å²) < 4.78 is 5.01. The van der Waals surface area contributed by atoms with Gasteiger partial charge in [0.1, 0.15) is 5.92 Å². The number of hydrogen-bond donors (Lipinski definition) is 1. The summed E-state index contributed by atoms with van der Waals surface area (Å²) in [5, 5.41) is 9.93. The summed E-state index contributed by atoms with van der Waals surface area (Å²) in [6.07, 6.45) is 0.540. The van der Waals surface area contributed by atoms with E-state index in [-0.39, 0.29) is 19.1 Å². The molecule has 0 bridgehead atoms. The van der Waals surface area contributed by atoms with Crippen LogP contribution in [-0.2, 0) is 14.3 Å². The molecule has 0 aromatic rings. The van der Waals surface area contributed by atoms with Crippen molar-refractivity contribution in [1.82, 2.24) is 4.90 Å². The standard InChI is InChI=1S/C14H25NO4/c1-6-19-12(17)10(13(2,3)4)11(16)15-8-7-14(5,18)9-15/h10,18H,6-9H2,1-5H3. The molecule has 1 aliphatic rings. The van der Waals surface area contributed by atoms with E-state index in [4.69, 9.17) is 4.74 Å². The number of β-amino-alcohol motifs (C(OH)–C–C–N with tert-alkyl or cyclic N) is 1. The number of nitrogens with zero attached hydrogens (tertiary/aromatic N) is 1. The van der Waals surface area contributed by atoms with Crippen LogP contribution in [0.25, 0.3) is 0 Å². The summed E-state index contributed by atoms with van der Waals surface area (Å²) >= 11 is 0. The van der Waals surface area contributed by atoms with E-state index >= 15 is 0 Å². The largest absolute Gasteiger partial charge is 0.465 e. The summed E-state index contributed by atoms with van der Waals surface area (Å²) in [7, 11) is 0. The Kier molecular flexibility index (Phi) is 4.61. The lowest BCUT2D eigenvalue weighted by Crippen LogP contribution is -2.46. The van der Waals surface area contributed by atoms with Crippen LogP contribution < -0.4 is 0 Å². The highest BCUT2D eigenvalue weighted by molar-refractivity contribution is 5.98. The lowest BCUT2D eigenvalue weighted by atomic mass is 9.79. The van der Waals surface area contributed by atoms with Gasteiger partial charge in [-0.05, 0) is 25.7 Å². The summed E-state index contributed by atoms with van der Waals surface area (Å²) in [6.45, 7) is 9.99. The summed E-state index contributed by atoms with van der Waals surface area (Å²) in [4.78, 5) is 26.1. The molecule has 1 rings (SSSR count). The topological polar surface area (TPSA) is 66.8 Å². The lowest BCUT2D eigenvalue weighted by Gasteiger charge is -2.31. The fourth-order valence-electron chi connectivity index (χ4n) is 2.37. The van der Waals surface area contributed by atoms with E-state index in [9.17, 15) is 14.7 Å². The molecule has 1 heterocycles. The third-order valence-electron chi connectivity index (χ3n) is 3.40. The molecular weight excluding hydrogens is 246 g/mol. The molecule has 0 aromatic heterocycles. The van der Waals surface area contributed by atoms with E-state index in [1.54, 1.807) is 18.7 Å². The minimum Gasteiger partial charge on any atom is -0.465 e. The van der Waals surface area contributed by atoms with Crippen molar-refractivity contribution in [2.75, 3.05) is 19.7 Å². The van der Waals surface area contributed by atoms with Gasteiger partial charge in [0.2, 0.25) is 5.91 Å². The van der Waals surface area contributed by atoms with Crippen molar-refractivity contribution in [3.63, 3.8) is 0 Å². The molecule has 110 valence electrons. The molecule has 1 saturated heterocycles. The Morgan fingerprint density at radius 2 is 2.00 bits per heavy atom. The van der Waals surface area contributed by atoms with Gasteiger partial charge in [-0.15, -0.1) is 0 Å². The number of aliphatic hydroxyl groups is 1. The molecule has 0 aliphatic carbocycles. The van der Waals surface area contributed by atoms with Gasteiger partial charge < -0.3 is 14.7 Å². The van der Waals surface area contributed by atoms with Crippen LogP contribution >= 0.6 is 0 Å². The van der Waals surface area contributed by atoms with Crippen LogP contribution in [0.2, 0.25) is 0 Å². The third kappa shape index (κ3) is 3.93. The van der Waals surface area contributed by atoms with E-state index in [1.165, 1.54) is 0 Å². The second kappa shape index (κ2) is 5.49. The zero-order chi connectivity index (χ0) is 14.8. The van der Waals surface area contributed by atoms with Gasteiger partial charge in [0, 0.05) is 13.1 Å². The average Bonchev–Trinajstić information content (AvgIpc) is 2.57. The monoisotopic (exact) mass is 271 g/mol. The number of carbonyl (C=O) groups excluding carboxylic acids is 2. The molecule has 1 N–H and O–H groups in total. The van der Waals surface area contributed by atoms with E-state index in [1.807, 2.05) is 20.8 Å². The Balaban J connectivity index is 2.87. The van der Waals surface area contributed by atoms with Crippen LogP contribution in [0.15, 0.2) is 0 Å². The van der Waals surface area contributed by atoms with Crippen molar-refractivity contribution >= 4 is 11.9 Å². The van der Waals surface area contributed by atoms with Crippen LogP contribution in [0.5, 0.6) is 0 Å². The summed E-state index contributed by atoms with van der Waals surface area (Å²) in [5.41, 5.74) is -1.36. The number of rotatable bonds is 3. The van der Waals surface area contributed by atoms with E-state index in [0.717, 1.165) is 0 Å². The van der Waals surface area contributed by atoms with Crippen LogP contribution in [0.3, 0.4) is 0 Å². The van der Waals surface area contributed by atoms with E-state index in [2.05, 4.69) is 0 Å². The SMILES string of the molecule is CCOC(=O)C(C(=O)N1CCC(C)(O)C1)C(C)(C)C. The summed E-state index contributed by atoms with van der Waals surface area (Å²) in [6, 6.07) is 0. The number of ether oxygens (including phenoxy) is 1. The van der Waals surface area contributed by atoms with E-state index in [0.29, 0.717) is 13.0 Å². The molecule has 0 aromatic carbocycles. The molecule has 2 atom stereocenters. The van der Waals surface area contributed by atoms with Gasteiger partial charge in [-0.1, -0.05) is 20.8 Å². The quantitative estimate of drug-likeness (QED) is 0.618. The Morgan fingerprint density at radius 1 is 1.42 bits per heavy atom. The van der Waals surface area contributed by atoms with Crippen LogP contribution in [0, 0.1) is 11.3 Å². The Morgan fingerprint density at radius 3 is 2.37 bits per heavy atom. The van der Waals surface area contributed by atoms with Gasteiger partial charge >= 0.3 is 5.97 Å². The van der Waals surface area contributed by atoms with Crippen LogP contribution in [0.1, 0.15) is 41.0 Å². The molecule has 0 radical (unpaired) electrons. The lowest BCUT2D eigenvalue weighted by molar-refractivity contribution is -0.160. The molecule has 19 heavy (non-hydrogen) atoms. The Hall–Kier alpha value is -1.10. The van der Waals surface area contributed by atoms with Gasteiger partial charge in [0.25, 0.3) is 0 Å². The van der Waals surface area contributed by atoms with Gasteiger partial charge in [-0.25, -0.2) is 0 Å². The van der Waals surface area contributed by atoms with Crippen LogP contribution in [0.4, 0.5) is 0 Å². The highest BCUT2D eigenvalue weighted by Crippen LogP contribution is 2.31. The maximum Gasteiger partial charge on any atom is 0.319 e. The van der Waals surface area contributed by atoms with E-state index < -0.39 is 22.9 Å². The molecule has 5 heteroatoms. The van der Waals surface area contributed by atoms with Gasteiger partial charge in [-0.3, -0.25) is 9.59 Å². The Bertz CT molecular complexity index is 357. The minimum atomic E-state index is -0.854. The first-order chi connectivity index (χ1) is 8.58. The number of esters is 1. The molecular formula is C14H25NO4. The second-order valence-electron chi connectivity index (χ2n) is 6.56. The maximum atomic E-state index is 12.5. The van der Waals surface area contributed by atoms with Crippen molar-refractivity contribution in [3.05, 3.63) is 0 Å². The number of carbonyl (C=O) groups is 2. The first-order valence-corrected chi connectivity index (χ1v) is 6.76. The van der Waals surface area contributed by atoms with Crippen molar-refractivity contribution in [2.24, 2.45) is 11.3 Å². The predicted octanol–water partition coefficient (Wildman–Crippen LogP) is 1.20. The van der Waals surface area contributed by atoms with Crippen LogP contribution in [-0.4, -0.2) is 47.2 Å². The number of amides is 1. The number of likely N-dealkylation sites (tertiary alicyclic amines) is 1. The normalized spacial score (nSPS) is 25.3. The van der Waals surface area contributed by atoms with Crippen molar-refractivity contribution in [1.29, 1.82) is 0 Å². The van der Waals surface area contributed by atoms with Gasteiger partial charge in [0.05, 0.1) is 12.2 Å². The first kappa shape index (κ1) is 16.0. The average molecular weight is 271 g/mol. The summed E-state index contributed by atoms with van der Waals surface area (Å²) in [5.74, 6) is -1.54. The molecule has 0 saturated carbocycles. The Labute approximate surface area is 114 Å². The molecule has 1 aliphatic heterocycles. The van der Waals surface area contributed by atoms with Gasteiger partial charge in [0.15, 0.2) is 0 Å². The molecule has 1 fully saturated rings. The third-order valence-corrected chi connectivity index (χ3v) is 3.40. The van der Waals surface area contributed by atoms with Crippen molar-refractivity contribution < 1.29 is 19.4 Å². The molecule has 0 spiro atoms. The zero-order valence-corrected chi connectivity index (χ0v) is 12.5. The second-order valence-corrected chi connectivity index (χ2v) is 6.56. The molecule has 1 amide bonds. The molecule has 2 unspecified atom stereocenters. The first-order valence-electron chi connectivity index (χ1n) is 6.76. The highest BCUT2D eigenvalue weighted by atomic mass is 16.5. The minimum absolute atomic E-state index is 0.247.